The van der Waals surface area contributed by atoms with Gasteiger partial charge in [-0.1, -0.05) is 43.3 Å². The topological polar surface area (TPSA) is 108 Å². The van der Waals surface area contributed by atoms with E-state index in [0.29, 0.717) is 30.1 Å². The van der Waals surface area contributed by atoms with Crippen LogP contribution in [0.15, 0.2) is 48.5 Å². The maximum Gasteiger partial charge on any atom is 0.416 e. The zero-order valence-electron chi connectivity index (χ0n) is 20.5. The monoisotopic (exact) mass is 496 g/mol. The molecule has 0 aromatic heterocycles. The second-order valence-corrected chi connectivity index (χ2v) is 9.32. The van der Waals surface area contributed by atoms with Gasteiger partial charge in [-0.3, -0.25) is 14.9 Å². The molecule has 0 spiro atoms. The Hall–Kier alpha value is -3.62. The summed E-state index contributed by atoms with van der Waals surface area (Å²) in [4.78, 5) is 37.3. The average molecular weight is 497 g/mol. The fourth-order valence-corrected chi connectivity index (χ4v) is 4.75. The lowest BCUT2D eigenvalue weighted by molar-refractivity contribution is -0.483. The van der Waals surface area contributed by atoms with Gasteiger partial charge in [0.05, 0.1) is 18.1 Å². The summed E-state index contributed by atoms with van der Waals surface area (Å²) in [5.74, 6) is -0.135. The number of nitro groups is 1. The molecular formula is C27H32N2O7. The molecule has 1 saturated heterocycles. The fraction of sp³-hybridized carbons (Fsp3) is 0.481. The average Bonchev–Trinajstić information content (AvgIpc) is 3.52. The van der Waals surface area contributed by atoms with Gasteiger partial charge in [0.2, 0.25) is 12.5 Å². The molecule has 2 aliphatic rings. The third kappa shape index (κ3) is 6.33. The van der Waals surface area contributed by atoms with E-state index in [1.807, 2.05) is 37.3 Å². The minimum Gasteiger partial charge on any atom is -0.487 e. The number of hydrogen-bond acceptors (Lipinski definition) is 7. The Morgan fingerprint density at radius 3 is 2.61 bits per heavy atom. The quantitative estimate of drug-likeness (QED) is 0.315. The van der Waals surface area contributed by atoms with Gasteiger partial charge in [0, 0.05) is 11.3 Å². The smallest absolute Gasteiger partial charge is 0.416 e. The van der Waals surface area contributed by atoms with Crippen molar-refractivity contribution in [3.8, 4) is 11.5 Å². The van der Waals surface area contributed by atoms with E-state index in [-0.39, 0.29) is 25.2 Å². The van der Waals surface area contributed by atoms with Crippen LogP contribution in [0, 0.1) is 10.1 Å². The van der Waals surface area contributed by atoms with Gasteiger partial charge >= 0.3 is 6.09 Å². The van der Waals surface area contributed by atoms with E-state index in [9.17, 15) is 19.7 Å². The van der Waals surface area contributed by atoms with Crippen LogP contribution in [0.25, 0.3) is 0 Å². The molecule has 1 heterocycles. The molecule has 9 nitrogen and oxygen atoms in total. The molecule has 2 atom stereocenters. The number of nitrogens with zero attached hydrogens (tertiary/aromatic N) is 2. The second kappa shape index (κ2) is 11.9. The van der Waals surface area contributed by atoms with Crippen LogP contribution in [0.5, 0.6) is 11.5 Å². The molecule has 0 N–H and O–H groups in total. The normalized spacial score (nSPS) is 18.6. The molecule has 2 amide bonds. The molecule has 0 bridgehead atoms. The minimum absolute atomic E-state index is 0.0552. The first kappa shape index (κ1) is 25.5. The first-order valence-corrected chi connectivity index (χ1v) is 12.5. The van der Waals surface area contributed by atoms with Crippen molar-refractivity contribution in [2.45, 2.75) is 70.1 Å². The van der Waals surface area contributed by atoms with Gasteiger partial charge in [0.25, 0.3) is 0 Å². The summed E-state index contributed by atoms with van der Waals surface area (Å²) in [7, 11) is 0. The number of carbonyl (C=O) groups excluding carboxylic acids is 2. The highest BCUT2D eigenvalue weighted by Crippen LogP contribution is 2.36. The van der Waals surface area contributed by atoms with Crippen LogP contribution in [-0.4, -0.2) is 47.1 Å². The van der Waals surface area contributed by atoms with E-state index >= 15 is 0 Å². The van der Waals surface area contributed by atoms with Gasteiger partial charge in [0.15, 0.2) is 11.5 Å². The van der Waals surface area contributed by atoms with Crippen molar-refractivity contribution in [1.29, 1.82) is 0 Å². The molecule has 1 aliphatic heterocycles. The number of hydrogen-bond donors (Lipinski definition) is 0. The highest BCUT2D eigenvalue weighted by atomic mass is 16.6. The summed E-state index contributed by atoms with van der Waals surface area (Å²) in [6.07, 6.45) is 3.80. The standard InChI is InChI=1S/C27H32N2O7/c1-2-22-18-35-27(31)29(22)26(30)15-21(16-28(32)33)20-12-13-24(34-17-19-8-4-3-5-9-19)25(14-20)36-23-10-6-7-11-23/h3-5,8-9,12-14,21-23H,2,6-7,10-11,15-18H2,1H3. The zero-order valence-corrected chi connectivity index (χ0v) is 20.5. The van der Waals surface area contributed by atoms with E-state index in [4.69, 9.17) is 14.2 Å². The Morgan fingerprint density at radius 2 is 1.92 bits per heavy atom. The molecule has 9 heteroatoms. The molecule has 1 aliphatic carbocycles. The van der Waals surface area contributed by atoms with Crippen molar-refractivity contribution >= 4 is 12.0 Å². The molecule has 0 radical (unpaired) electrons. The first-order valence-electron chi connectivity index (χ1n) is 12.5. The maximum absolute atomic E-state index is 13.0. The Balaban J connectivity index is 1.57. The van der Waals surface area contributed by atoms with Crippen LogP contribution in [0.4, 0.5) is 4.79 Å². The summed E-state index contributed by atoms with van der Waals surface area (Å²) in [5, 5.41) is 11.5. The van der Waals surface area contributed by atoms with Crippen molar-refractivity contribution in [2.24, 2.45) is 0 Å². The van der Waals surface area contributed by atoms with Gasteiger partial charge in [-0.05, 0) is 55.4 Å². The SMILES string of the molecule is CCC1COC(=O)N1C(=O)CC(C[N+](=O)[O-])c1ccc(OCc2ccccc2)c(OC2CCCC2)c1. The number of amides is 2. The van der Waals surface area contributed by atoms with Crippen LogP contribution in [-0.2, 0) is 16.1 Å². The fourth-order valence-electron chi connectivity index (χ4n) is 4.75. The lowest BCUT2D eigenvalue weighted by Gasteiger charge is -2.22. The molecule has 192 valence electrons. The number of imide groups is 1. The Kier molecular flexibility index (Phi) is 8.40. The number of carbonyl (C=O) groups is 2. The van der Waals surface area contributed by atoms with Crippen molar-refractivity contribution in [3.05, 3.63) is 69.8 Å². The van der Waals surface area contributed by atoms with Crippen LogP contribution in [0.3, 0.4) is 0 Å². The Bertz CT molecular complexity index is 1070. The molecule has 2 aromatic rings. The van der Waals surface area contributed by atoms with Crippen LogP contribution < -0.4 is 9.47 Å². The number of ether oxygens (including phenoxy) is 3. The predicted octanol–water partition coefficient (Wildman–Crippen LogP) is 5.09. The van der Waals surface area contributed by atoms with Crippen LogP contribution in [0.2, 0.25) is 0 Å². The van der Waals surface area contributed by atoms with Crippen LogP contribution >= 0.6 is 0 Å². The van der Waals surface area contributed by atoms with Gasteiger partial charge < -0.3 is 14.2 Å². The van der Waals surface area contributed by atoms with Crippen molar-refractivity contribution in [1.82, 2.24) is 4.90 Å². The molecule has 4 rings (SSSR count). The second-order valence-electron chi connectivity index (χ2n) is 9.32. The van der Waals surface area contributed by atoms with Gasteiger partial charge in [-0.25, -0.2) is 9.69 Å². The minimum atomic E-state index is -0.729. The van der Waals surface area contributed by atoms with Crippen molar-refractivity contribution in [2.75, 3.05) is 13.2 Å². The lowest BCUT2D eigenvalue weighted by Crippen LogP contribution is -2.39. The van der Waals surface area contributed by atoms with E-state index in [0.717, 1.165) is 36.1 Å². The number of rotatable bonds is 11. The largest absolute Gasteiger partial charge is 0.487 e. The van der Waals surface area contributed by atoms with E-state index in [2.05, 4.69) is 0 Å². The number of cyclic esters (lactones) is 1. The molecular weight excluding hydrogens is 464 g/mol. The molecule has 2 aromatic carbocycles. The van der Waals surface area contributed by atoms with Crippen LogP contribution in [0.1, 0.15) is 62.5 Å². The summed E-state index contributed by atoms with van der Waals surface area (Å²) < 4.78 is 17.4. The third-order valence-electron chi connectivity index (χ3n) is 6.76. The first-order chi connectivity index (χ1) is 17.4. The van der Waals surface area contributed by atoms with E-state index < -0.39 is 29.4 Å². The summed E-state index contributed by atoms with van der Waals surface area (Å²) in [6, 6.07) is 14.6. The highest BCUT2D eigenvalue weighted by molar-refractivity contribution is 5.93. The summed E-state index contributed by atoms with van der Waals surface area (Å²) in [5.41, 5.74) is 1.61. The third-order valence-corrected chi connectivity index (χ3v) is 6.76. The molecule has 1 saturated carbocycles. The maximum atomic E-state index is 13.0. The van der Waals surface area contributed by atoms with Crippen molar-refractivity contribution in [3.63, 3.8) is 0 Å². The van der Waals surface area contributed by atoms with Gasteiger partial charge in [-0.15, -0.1) is 0 Å². The van der Waals surface area contributed by atoms with Gasteiger partial charge in [-0.2, -0.15) is 0 Å². The molecule has 2 unspecified atom stereocenters. The molecule has 36 heavy (non-hydrogen) atoms. The zero-order chi connectivity index (χ0) is 25.5. The predicted molar refractivity (Wildman–Crippen MR) is 132 cm³/mol. The molecule has 2 fully saturated rings. The Morgan fingerprint density at radius 1 is 1.17 bits per heavy atom. The lowest BCUT2D eigenvalue weighted by atomic mass is 9.94. The Labute approximate surface area is 210 Å². The summed E-state index contributed by atoms with van der Waals surface area (Å²) in [6.45, 7) is 1.92. The number of benzene rings is 2. The van der Waals surface area contributed by atoms with Crippen molar-refractivity contribution < 1.29 is 28.7 Å². The van der Waals surface area contributed by atoms with E-state index in [1.165, 1.54) is 0 Å². The van der Waals surface area contributed by atoms with Gasteiger partial charge in [0.1, 0.15) is 13.2 Å². The van der Waals surface area contributed by atoms with E-state index in [1.54, 1.807) is 18.2 Å². The highest BCUT2D eigenvalue weighted by Gasteiger charge is 2.38. The summed E-state index contributed by atoms with van der Waals surface area (Å²) >= 11 is 0.